The van der Waals surface area contributed by atoms with Crippen molar-refractivity contribution >= 4 is 23.2 Å². The van der Waals surface area contributed by atoms with Crippen molar-refractivity contribution < 1.29 is 9.72 Å². The predicted molar refractivity (Wildman–Crippen MR) is 113 cm³/mol. The summed E-state index contributed by atoms with van der Waals surface area (Å²) < 4.78 is 3.63. The van der Waals surface area contributed by atoms with Crippen LogP contribution in [0.1, 0.15) is 51.4 Å². The molecule has 2 aromatic rings. The Kier molecular flexibility index (Phi) is 5.03. The molecule has 166 valence electrons. The van der Waals surface area contributed by atoms with Gasteiger partial charge in [-0.2, -0.15) is 10.2 Å². The molecule has 0 aromatic carbocycles. The first-order valence-corrected chi connectivity index (χ1v) is 11.4. The molecular weight excluding hydrogens is 420 g/mol. The molecule has 2 unspecified atom stereocenters. The molecule has 31 heavy (non-hydrogen) atoms. The number of carbonyl (C=O) groups excluding carboxylic acids is 1. The van der Waals surface area contributed by atoms with E-state index in [1.54, 1.807) is 23.3 Å². The molecule has 4 aliphatic rings. The molecule has 2 aromatic heterocycles. The van der Waals surface area contributed by atoms with Crippen LogP contribution < -0.4 is 5.32 Å². The van der Waals surface area contributed by atoms with E-state index in [-0.39, 0.29) is 27.5 Å². The average molecular weight is 447 g/mol. The van der Waals surface area contributed by atoms with Gasteiger partial charge in [-0.05, 0) is 62.2 Å². The van der Waals surface area contributed by atoms with Gasteiger partial charge in [-0.3, -0.25) is 24.3 Å². The fraction of sp³-hybridized carbons (Fsp3) is 0.667. The minimum absolute atomic E-state index is 0.0234. The lowest BCUT2D eigenvalue weighted by Gasteiger charge is -2.61. The van der Waals surface area contributed by atoms with Crippen LogP contribution in [0.25, 0.3) is 0 Å². The fourth-order valence-electron chi connectivity index (χ4n) is 6.88. The van der Waals surface area contributed by atoms with E-state index in [2.05, 4.69) is 15.5 Å². The summed E-state index contributed by atoms with van der Waals surface area (Å²) in [5.74, 6) is 1.24. The van der Waals surface area contributed by atoms with E-state index in [0.717, 1.165) is 38.5 Å². The van der Waals surface area contributed by atoms with Crippen LogP contribution >= 0.6 is 11.6 Å². The summed E-state index contributed by atoms with van der Waals surface area (Å²) in [4.78, 5) is 23.6. The first-order chi connectivity index (χ1) is 14.8. The molecule has 0 aliphatic heterocycles. The first-order valence-electron chi connectivity index (χ1n) is 11.0. The maximum absolute atomic E-state index is 12.8. The topological polar surface area (TPSA) is 108 Å². The van der Waals surface area contributed by atoms with Gasteiger partial charge in [-0.1, -0.05) is 11.6 Å². The van der Waals surface area contributed by atoms with Crippen LogP contribution in [0.15, 0.2) is 24.8 Å². The Morgan fingerprint density at radius 3 is 2.65 bits per heavy atom. The SMILES string of the molecule is O=C(CC12CC3CC(C1)CC(n1cc([N+](=O)[O-])cn1)(C3)C2)NCCCn1cc(Cl)cn1. The molecule has 0 saturated heterocycles. The number of hydrogen-bond acceptors (Lipinski definition) is 5. The Labute approximate surface area is 185 Å². The van der Waals surface area contributed by atoms with Gasteiger partial charge in [0.15, 0.2) is 0 Å². The van der Waals surface area contributed by atoms with Gasteiger partial charge in [0.2, 0.25) is 5.91 Å². The molecule has 4 bridgehead atoms. The average Bonchev–Trinajstić information content (AvgIpc) is 3.33. The van der Waals surface area contributed by atoms with Crippen molar-refractivity contribution in [2.24, 2.45) is 17.3 Å². The Morgan fingerprint density at radius 1 is 1.23 bits per heavy atom. The Bertz CT molecular complexity index is 987. The highest BCUT2D eigenvalue weighted by atomic mass is 35.5. The quantitative estimate of drug-likeness (QED) is 0.379. The van der Waals surface area contributed by atoms with Crippen molar-refractivity contribution in [3.63, 3.8) is 0 Å². The van der Waals surface area contributed by atoms with Gasteiger partial charge in [-0.15, -0.1) is 0 Å². The second kappa shape index (κ2) is 7.62. The van der Waals surface area contributed by atoms with E-state index in [1.807, 2.05) is 4.68 Å². The number of nitro groups is 1. The van der Waals surface area contributed by atoms with Crippen LogP contribution in [-0.2, 0) is 16.9 Å². The summed E-state index contributed by atoms with van der Waals surface area (Å²) in [6.45, 7) is 1.32. The number of halogens is 1. The Hall–Kier alpha value is -2.42. The number of rotatable bonds is 8. The van der Waals surface area contributed by atoms with Gasteiger partial charge in [0.25, 0.3) is 0 Å². The standard InChI is InChI=1S/C21H27ClN6O3/c22-17-10-24-26(12-17)3-1-2-23-19(29)9-20-5-15-4-16(6-20)8-21(7-15,14-20)27-13-18(11-25-27)28(30)31/h10-13,15-16H,1-9,14H2,(H,23,29). The highest BCUT2D eigenvalue weighted by Crippen LogP contribution is 2.65. The number of aromatic nitrogens is 4. The second-order valence-electron chi connectivity index (χ2n) is 9.89. The molecule has 4 aliphatic carbocycles. The van der Waals surface area contributed by atoms with Gasteiger partial charge < -0.3 is 5.32 Å². The molecule has 6 rings (SSSR count). The zero-order valence-electron chi connectivity index (χ0n) is 17.4. The van der Waals surface area contributed by atoms with Gasteiger partial charge in [0, 0.05) is 25.7 Å². The second-order valence-corrected chi connectivity index (χ2v) is 10.3. The van der Waals surface area contributed by atoms with E-state index in [4.69, 9.17) is 11.6 Å². The molecule has 9 nitrogen and oxygen atoms in total. The number of nitrogens with one attached hydrogen (secondary N) is 1. The molecule has 0 spiro atoms. The first kappa shape index (κ1) is 20.5. The zero-order chi connectivity index (χ0) is 21.6. The van der Waals surface area contributed by atoms with Gasteiger partial charge in [0.1, 0.15) is 12.4 Å². The number of aryl methyl sites for hydroxylation is 1. The van der Waals surface area contributed by atoms with E-state index < -0.39 is 0 Å². The van der Waals surface area contributed by atoms with Crippen molar-refractivity contribution in [3.05, 3.63) is 39.9 Å². The number of hydrogen-bond donors (Lipinski definition) is 1. The smallest absolute Gasteiger partial charge is 0.307 e. The normalized spacial score (nSPS) is 31.1. The molecule has 1 N–H and O–H groups in total. The molecule has 2 atom stereocenters. The number of amides is 1. The Morgan fingerprint density at radius 2 is 2.00 bits per heavy atom. The van der Waals surface area contributed by atoms with Crippen LogP contribution in [0.5, 0.6) is 0 Å². The van der Waals surface area contributed by atoms with Crippen molar-refractivity contribution in [2.45, 2.75) is 63.5 Å². The maximum atomic E-state index is 12.8. The van der Waals surface area contributed by atoms with Crippen LogP contribution in [0.3, 0.4) is 0 Å². The third kappa shape index (κ3) is 3.95. The third-order valence-electron chi connectivity index (χ3n) is 7.44. The molecule has 1 amide bonds. The summed E-state index contributed by atoms with van der Waals surface area (Å²) >= 11 is 5.88. The minimum Gasteiger partial charge on any atom is -0.356 e. The highest BCUT2D eigenvalue weighted by Gasteiger charge is 2.59. The van der Waals surface area contributed by atoms with E-state index in [0.29, 0.717) is 36.4 Å². The van der Waals surface area contributed by atoms with Crippen LogP contribution in [0.2, 0.25) is 5.02 Å². The highest BCUT2D eigenvalue weighted by molar-refractivity contribution is 6.30. The third-order valence-corrected chi connectivity index (χ3v) is 7.64. The van der Waals surface area contributed by atoms with E-state index >= 15 is 0 Å². The van der Waals surface area contributed by atoms with Crippen LogP contribution in [0.4, 0.5) is 5.69 Å². The van der Waals surface area contributed by atoms with Crippen molar-refractivity contribution in [2.75, 3.05) is 6.54 Å². The number of carbonyl (C=O) groups is 1. The lowest BCUT2D eigenvalue weighted by Crippen LogP contribution is -2.57. The summed E-state index contributed by atoms with van der Waals surface area (Å²) in [5, 5.41) is 23.4. The van der Waals surface area contributed by atoms with Crippen LogP contribution in [-0.4, -0.2) is 36.9 Å². The summed E-state index contributed by atoms with van der Waals surface area (Å²) in [6.07, 6.45) is 13.9. The summed E-state index contributed by atoms with van der Waals surface area (Å²) in [6, 6.07) is 0. The van der Waals surface area contributed by atoms with Gasteiger partial charge in [0.05, 0.1) is 21.7 Å². The molecular formula is C21H27ClN6O3. The molecule has 0 radical (unpaired) electrons. The maximum Gasteiger partial charge on any atom is 0.307 e. The lowest BCUT2D eigenvalue weighted by atomic mass is 9.46. The molecule has 10 heteroatoms. The minimum atomic E-state index is -0.385. The molecule has 4 fully saturated rings. The Balaban J connectivity index is 1.23. The summed E-state index contributed by atoms with van der Waals surface area (Å²) in [5.41, 5.74) is -0.163. The number of nitrogens with zero attached hydrogens (tertiary/aromatic N) is 5. The molecule has 2 heterocycles. The van der Waals surface area contributed by atoms with E-state index in [1.165, 1.54) is 12.6 Å². The van der Waals surface area contributed by atoms with Crippen molar-refractivity contribution in [1.82, 2.24) is 24.9 Å². The molecule has 4 saturated carbocycles. The van der Waals surface area contributed by atoms with Crippen molar-refractivity contribution in [3.8, 4) is 0 Å². The van der Waals surface area contributed by atoms with Crippen LogP contribution in [0, 0.1) is 27.4 Å². The van der Waals surface area contributed by atoms with Gasteiger partial charge >= 0.3 is 5.69 Å². The zero-order valence-corrected chi connectivity index (χ0v) is 18.1. The monoisotopic (exact) mass is 446 g/mol. The van der Waals surface area contributed by atoms with E-state index in [9.17, 15) is 14.9 Å². The fourth-order valence-corrected chi connectivity index (χ4v) is 7.03. The lowest BCUT2D eigenvalue weighted by molar-refractivity contribution is -0.385. The van der Waals surface area contributed by atoms with Crippen molar-refractivity contribution in [1.29, 1.82) is 0 Å². The largest absolute Gasteiger partial charge is 0.356 e. The van der Waals surface area contributed by atoms with Gasteiger partial charge in [-0.25, -0.2) is 0 Å². The predicted octanol–water partition coefficient (Wildman–Crippen LogP) is 3.53. The summed E-state index contributed by atoms with van der Waals surface area (Å²) in [7, 11) is 0.